The van der Waals surface area contributed by atoms with Crippen LogP contribution in [0, 0.1) is 23.7 Å². The minimum atomic E-state index is -1.63. The summed E-state index contributed by atoms with van der Waals surface area (Å²) in [5, 5.41) is 33.3. The monoisotopic (exact) mass is 1300 g/mol. The SMILES string of the molecule is CC(C)=CCCC1(C)C=Cc2c(O)c3c(c(CC=C(C)C)c2O1)OC12C(=CC4CC1C(C)(C)OC2(C/C=C(/C)C(=O)O)C4=O)C3=O.CCOC(=O)/C(C)=C\CC12OC(C)(C)C3CC(C=C4C(=O)c5c(O)c6c(c(C/C=C(\C)CC)c5OC431)OC(C)(CCC=C(C)C)C=C6)C2=O. The Morgan fingerprint density at radius 1 is 0.558 bits per heavy atom. The Hall–Kier alpha value is -7.82. The third kappa shape index (κ3) is 10.7. The molecule has 95 heavy (non-hydrogen) atoms. The number of esters is 1. The normalized spacial score (nSPS) is 30.9. The average Bonchev–Trinajstić information content (AvgIpc) is 1.55. The van der Waals surface area contributed by atoms with Gasteiger partial charge in [-0.2, -0.15) is 0 Å². The molecule has 8 bridgehead atoms. The maximum atomic E-state index is 14.9. The van der Waals surface area contributed by atoms with Crippen LogP contribution in [0.4, 0.5) is 0 Å². The van der Waals surface area contributed by atoms with E-state index < -0.39 is 74.4 Å². The number of ether oxygens (including phenoxy) is 7. The largest absolute Gasteiger partial charge is 0.506 e. The van der Waals surface area contributed by atoms with Crippen molar-refractivity contribution in [1.82, 2.24) is 0 Å². The summed E-state index contributed by atoms with van der Waals surface area (Å²) in [4.78, 5) is 82.8. The third-order valence-corrected chi connectivity index (χ3v) is 21.7. The van der Waals surface area contributed by atoms with Gasteiger partial charge in [-0.25, -0.2) is 9.59 Å². The highest BCUT2D eigenvalue weighted by Gasteiger charge is 2.83. The first kappa shape index (κ1) is 68.6. The molecule has 6 aliphatic heterocycles. The van der Waals surface area contributed by atoms with E-state index in [4.69, 9.17) is 33.2 Å². The first-order valence-electron chi connectivity index (χ1n) is 33.8. The molecule has 10 unspecified atom stereocenters. The van der Waals surface area contributed by atoms with Crippen molar-refractivity contribution in [3.63, 3.8) is 0 Å². The number of carboxylic acid groups (broad SMARTS) is 1. The lowest BCUT2D eigenvalue weighted by molar-refractivity contribution is -0.172. The fourth-order valence-electron chi connectivity index (χ4n) is 16.7. The Morgan fingerprint density at radius 2 is 0.968 bits per heavy atom. The van der Waals surface area contributed by atoms with Crippen LogP contribution in [-0.2, 0) is 46.2 Å². The quantitative estimate of drug-likeness (QED) is 0.0716. The molecule has 2 aromatic carbocycles. The summed E-state index contributed by atoms with van der Waals surface area (Å²) in [6.07, 6.45) is 28.1. The van der Waals surface area contributed by atoms with Crippen molar-refractivity contribution in [1.29, 1.82) is 0 Å². The number of carbonyl (C=O) groups is 6. The molecule has 2 aromatic rings. The Bertz CT molecular complexity index is 4020. The summed E-state index contributed by atoms with van der Waals surface area (Å²) in [5.41, 5.74) is -1.27. The van der Waals surface area contributed by atoms with E-state index in [9.17, 15) is 44.1 Å². The zero-order valence-electron chi connectivity index (χ0n) is 58.4. The molecule has 16 heteroatoms. The molecule has 2 saturated heterocycles. The summed E-state index contributed by atoms with van der Waals surface area (Å²) >= 11 is 0. The van der Waals surface area contributed by atoms with Gasteiger partial charge >= 0.3 is 11.9 Å². The fraction of sp³-hybridized carbons (Fsp3) is 0.519. The molecule has 506 valence electrons. The number of Topliss-reactive ketones (excluding diaryl/α,β-unsaturated/α-hetero) is 4. The van der Waals surface area contributed by atoms with Gasteiger partial charge in [0.05, 0.1) is 28.9 Å². The van der Waals surface area contributed by atoms with Crippen LogP contribution in [0.3, 0.4) is 0 Å². The molecule has 4 fully saturated rings. The number of allylic oxidation sites excluding steroid dienone is 10. The Balaban J connectivity index is 0.000000194. The topological polar surface area (TPSA) is 228 Å². The fourth-order valence-corrected chi connectivity index (χ4v) is 16.7. The molecule has 16 nitrogen and oxygen atoms in total. The number of fused-ring (bicyclic) bond motifs is 4. The van der Waals surface area contributed by atoms with E-state index in [-0.39, 0.29) is 88.3 Å². The number of hydrogen-bond acceptors (Lipinski definition) is 15. The van der Waals surface area contributed by atoms with Crippen LogP contribution in [0.25, 0.3) is 12.2 Å². The maximum Gasteiger partial charge on any atom is 0.333 e. The minimum Gasteiger partial charge on any atom is -0.506 e. The van der Waals surface area contributed by atoms with Crippen LogP contribution in [0.15, 0.2) is 105 Å². The van der Waals surface area contributed by atoms with Gasteiger partial charge in [0, 0.05) is 69.9 Å². The molecule has 6 aliphatic carbocycles. The highest BCUT2D eigenvalue weighted by Crippen LogP contribution is 2.71. The molecule has 14 rings (SSSR count). The van der Waals surface area contributed by atoms with Crippen LogP contribution in [0.2, 0.25) is 0 Å². The number of rotatable bonds is 18. The van der Waals surface area contributed by atoms with E-state index in [1.54, 1.807) is 32.1 Å². The standard InChI is InChI=1S/C41H50O8.C38H44O8/c1-10-24(5)14-15-28-34-27(17-19-39(9,47-34)18-12-13-23(3)4)32(42)31-33(43)29-21-26-22-30-38(7,8)49-40(36(26)44,41(29,30)48-35(28)31)20-16-25(6)37(45)46-11-2;1-20(2)10-9-15-36(8)16-14-24-29(39)28-30(40)26-18-23-19-27-35(6,7)46-37(33(23)41,17-13-22(5)34(42)43)38(26,27)45-32(28)25(31(24)44-36)12-11-21(3)4/h13-14,16-17,19,21,26,30,42H,10-12,15,18,20,22H2,1-9H3;10-11,13-14,16,18,23,27,39H,9,12,15,17,19H2,1-8H3,(H,42,43)/b24-14+,25-16-;22-13-. The van der Waals surface area contributed by atoms with Crippen LogP contribution in [0.5, 0.6) is 34.5 Å². The number of ketones is 4. The zero-order chi connectivity index (χ0) is 69.2. The minimum absolute atomic E-state index is 0.0235. The van der Waals surface area contributed by atoms with Gasteiger partial charge < -0.3 is 48.5 Å². The van der Waals surface area contributed by atoms with Gasteiger partial charge in [0.2, 0.25) is 0 Å². The highest BCUT2D eigenvalue weighted by molar-refractivity contribution is 6.20. The van der Waals surface area contributed by atoms with E-state index in [0.717, 1.165) is 30.4 Å². The number of benzene rings is 2. The average molecular weight is 1300 g/mol. The van der Waals surface area contributed by atoms with E-state index in [1.807, 2.05) is 85.8 Å². The maximum absolute atomic E-state index is 14.9. The molecular formula is C79H94O16. The molecule has 3 N–H and O–H groups in total. The lowest BCUT2D eigenvalue weighted by Gasteiger charge is -2.56. The Kier molecular flexibility index (Phi) is 17.4. The van der Waals surface area contributed by atoms with Crippen molar-refractivity contribution < 1.29 is 77.2 Å². The summed E-state index contributed by atoms with van der Waals surface area (Å²) < 4.78 is 46.7. The molecule has 0 aromatic heterocycles. The van der Waals surface area contributed by atoms with E-state index in [1.165, 1.54) is 24.1 Å². The van der Waals surface area contributed by atoms with Crippen LogP contribution < -0.4 is 18.9 Å². The predicted octanol–water partition coefficient (Wildman–Crippen LogP) is 15.3. The lowest BCUT2D eigenvalue weighted by atomic mass is 9.51. The molecule has 6 heterocycles. The van der Waals surface area contributed by atoms with E-state index >= 15 is 0 Å². The van der Waals surface area contributed by atoms with Crippen molar-refractivity contribution in [2.24, 2.45) is 23.7 Å². The van der Waals surface area contributed by atoms with Gasteiger partial charge in [-0.15, -0.1) is 0 Å². The smallest absolute Gasteiger partial charge is 0.333 e. The summed E-state index contributed by atoms with van der Waals surface area (Å²) in [7, 11) is 0. The number of aromatic hydroxyl groups is 2. The van der Waals surface area contributed by atoms with E-state index in [2.05, 4.69) is 59.8 Å². The highest BCUT2D eigenvalue weighted by atomic mass is 16.6. The molecule has 0 amide bonds. The van der Waals surface area contributed by atoms with Crippen LogP contribution >= 0.6 is 0 Å². The molecular weight excluding hydrogens is 1200 g/mol. The third-order valence-electron chi connectivity index (χ3n) is 21.7. The van der Waals surface area contributed by atoms with Crippen molar-refractivity contribution >= 4 is 47.2 Å². The number of phenolic OH excluding ortho intramolecular Hbond substituents is 2. The summed E-state index contributed by atoms with van der Waals surface area (Å²) in [6, 6.07) is 0. The van der Waals surface area contributed by atoms with Crippen LogP contribution in [0.1, 0.15) is 218 Å². The van der Waals surface area contributed by atoms with E-state index in [0.29, 0.717) is 89.0 Å². The Labute approximate surface area is 558 Å². The number of carbonyl (C=O) groups excluding carboxylic acids is 5. The van der Waals surface area contributed by atoms with Gasteiger partial charge in [-0.1, -0.05) is 77.8 Å². The predicted molar refractivity (Wildman–Crippen MR) is 362 cm³/mol. The second-order valence-corrected chi connectivity index (χ2v) is 30.1. The number of carboxylic acids is 1. The van der Waals surface area contributed by atoms with Gasteiger partial charge in [-0.05, 0) is 193 Å². The molecule has 2 saturated carbocycles. The molecule has 0 radical (unpaired) electrons. The van der Waals surface area contributed by atoms with Crippen molar-refractivity contribution in [3.8, 4) is 34.5 Å². The van der Waals surface area contributed by atoms with Crippen molar-refractivity contribution in [2.75, 3.05) is 6.61 Å². The number of hydrogen-bond donors (Lipinski definition) is 3. The first-order valence-corrected chi connectivity index (χ1v) is 33.8. The second kappa shape index (κ2) is 24.1. The second-order valence-electron chi connectivity index (χ2n) is 30.1. The molecule has 2 spiro atoms. The lowest BCUT2D eigenvalue weighted by Crippen LogP contribution is -2.72. The van der Waals surface area contributed by atoms with Crippen LogP contribution in [-0.4, -0.2) is 102 Å². The van der Waals surface area contributed by atoms with Gasteiger partial charge in [0.15, 0.2) is 45.5 Å². The van der Waals surface area contributed by atoms with Crippen molar-refractivity contribution in [2.45, 2.75) is 233 Å². The molecule has 12 aliphatic rings. The zero-order valence-corrected chi connectivity index (χ0v) is 58.4. The summed E-state index contributed by atoms with van der Waals surface area (Å²) in [6.45, 7) is 33.2. The number of aliphatic carboxylic acids is 1. The molecule has 10 atom stereocenters. The first-order chi connectivity index (χ1) is 44.5. The van der Waals surface area contributed by atoms with Gasteiger partial charge in [0.25, 0.3) is 0 Å². The van der Waals surface area contributed by atoms with Crippen molar-refractivity contribution in [3.05, 3.63) is 139 Å². The van der Waals surface area contributed by atoms with Gasteiger partial charge in [-0.3, -0.25) is 19.2 Å². The summed E-state index contributed by atoms with van der Waals surface area (Å²) in [5.74, 6) is -3.69. The Morgan fingerprint density at radius 3 is 1.36 bits per heavy atom. The number of phenols is 2. The van der Waals surface area contributed by atoms with Gasteiger partial charge in [0.1, 0.15) is 56.8 Å².